The molecular weight excluding hydrogens is 292 g/mol. The molecule has 0 aliphatic carbocycles. The first-order valence-electron chi connectivity index (χ1n) is 5.33. The van der Waals surface area contributed by atoms with Crippen LogP contribution in [0.1, 0.15) is 23.5 Å². The van der Waals surface area contributed by atoms with Crippen LogP contribution in [0.3, 0.4) is 0 Å². The largest absolute Gasteiger partial charge is 0.477 e. The van der Waals surface area contributed by atoms with Gasteiger partial charge in [0.1, 0.15) is 4.88 Å². The zero-order chi connectivity index (χ0) is 14.6. The molecule has 19 heavy (non-hydrogen) atoms. The Kier molecular flexibility index (Phi) is 5.04. The Morgan fingerprint density at radius 1 is 1.42 bits per heavy atom. The molecule has 0 radical (unpaired) electrons. The van der Waals surface area contributed by atoms with E-state index in [0.717, 1.165) is 17.4 Å². The van der Waals surface area contributed by atoms with E-state index in [1.807, 2.05) is 0 Å². The van der Waals surface area contributed by atoms with Gasteiger partial charge in [-0.3, -0.25) is 4.79 Å². The summed E-state index contributed by atoms with van der Waals surface area (Å²) >= 11 is 0.810. The summed E-state index contributed by atoms with van der Waals surface area (Å²) in [6.07, 6.45) is 0. The van der Waals surface area contributed by atoms with Crippen molar-refractivity contribution >= 4 is 33.2 Å². The summed E-state index contributed by atoms with van der Waals surface area (Å²) in [7, 11) is -3.87. The molecule has 0 spiro atoms. The summed E-state index contributed by atoms with van der Waals surface area (Å²) in [6, 6.07) is 0.965. The first-order valence-corrected chi connectivity index (χ1v) is 7.69. The molecule has 3 N–H and O–H groups in total. The number of carboxylic acid groups (broad SMARTS) is 1. The minimum Gasteiger partial charge on any atom is -0.477 e. The van der Waals surface area contributed by atoms with E-state index in [1.54, 1.807) is 13.8 Å². The van der Waals surface area contributed by atoms with Crippen molar-refractivity contribution < 1.29 is 23.1 Å². The van der Waals surface area contributed by atoms with Gasteiger partial charge in [0.05, 0.1) is 11.4 Å². The van der Waals surface area contributed by atoms with E-state index in [4.69, 9.17) is 5.11 Å². The average Bonchev–Trinajstić information content (AvgIpc) is 2.75. The van der Waals surface area contributed by atoms with Gasteiger partial charge in [-0.15, -0.1) is 11.3 Å². The Morgan fingerprint density at radius 3 is 2.53 bits per heavy atom. The minimum absolute atomic E-state index is 0.0768. The third-order valence-corrected chi connectivity index (χ3v) is 4.42. The van der Waals surface area contributed by atoms with Gasteiger partial charge in [-0.25, -0.2) is 17.9 Å². The van der Waals surface area contributed by atoms with Crippen LogP contribution in [0.25, 0.3) is 0 Å². The Morgan fingerprint density at radius 2 is 2.05 bits per heavy atom. The summed E-state index contributed by atoms with van der Waals surface area (Å²) in [6.45, 7) is 3.12. The molecule has 1 rings (SSSR count). The highest BCUT2D eigenvalue weighted by molar-refractivity contribution is 7.89. The number of aromatic carboxylic acids is 1. The molecule has 0 aromatic carbocycles. The quantitative estimate of drug-likeness (QED) is 0.697. The zero-order valence-electron chi connectivity index (χ0n) is 10.3. The van der Waals surface area contributed by atoms with E-state index < -0.39 is 28.4 Å². The number of carboxylic acids is 1. The molecule has 0 fully saturated rings. The summed E-state index contributed by atoms with van der Waals surface area (Å²) in [5.74, 6) is -1.64. The highest BCUT2D eigenvalue weighted by atomic mass is 32.2. The van der Waals surface area contributed by atoms with Crippen molar-refractivity contribution in [1.82, 2.24) is 10.0 Å². The Hall–Kier alpha value is -1.45. The maximum absolute atomic E-state index is 11.8. The number of amides is 1. The normalized spacial score (nSPS) is 11.5. The lowest BCUT2D eigenvalue weighted by atomic mass is 10.4. The van der Waals surface area contributed by atoms with E-state index in [2.05, 4.69) is 10.0 Å². The number of hydrogen-bond acceptors (Lipinski definition) is 5. The third kappa shape index (κ3) is 4.62. The average molecular weight is 306 g/mol. The molecule has 0 aliphatic rings. The fourth-order valence-electron chi connectivity index (χ4n) is 1.19. The molecule has 1 heterocycles. The predicted octanol–water partition coefficient (Wildman–Crippen LogP) is 0.249. The summed E-state index contributed by atoms with van der Waals surface area (Å²) in [5.41, 5.74) is 0. The van der Waals surface area contributed by atoms with Gasteiger partial charge in [0.25, 0.3) is 0 Å². The Bertz CT molecular complexity index is 576. The SMILES string of the molecule is CC(C)NC(=O)CNS(=O)(=O)c1csc(C(=O)O)c1. The van der Waals surface area contributed by atoms with Crippen LogP contribution >= 0.6 is 11.3 Å². The monoisotopic (exact) mass is 306 g/mol. The van der Waals surface area contributed by atoms with E-state index in [0.29, 0.717) is 0 Å². The number of thiophene rings is 1. The van der Waals surface area contributed by atoms with Gasteiger partial charge in [0.2, 0.25) is 15.9 Å². The first-order chi connectivity index (χ1) is 8.72. The number of hydrogen-bond donors (Lipinski definition) is 3. The highest BCUT2D eigenvalue weighted by Crippen LogP contribution is 2.18. The van der Waals surface area contributed by atoms with E-state index in [1.165, 1.54) is 5.38 Å². The maximum Gasteiger partial charge on any atom is 0.345 e. The first kappa shape index (κ1) is 15.6. The van der Waals surface area contributed by atoms with Crippen LogP contribution in [0.2, 0.25) is 0 Å². The topological polar surface area (TPSA) is 113 Å². The van der Waals surface area contributed by atoms with Gasteiger partial charge in [-0.2, -0.15) is 0 Å². The molecule has 106 valence electrons. The fourth-order valence-corrected chi connectivity index (χ4v) is 3.28. The molecule has 0 atom stereocenters. The molecule has 7 nitrogen and oxygen atoms in total. The summed E-state index contributed by atoms with van der Waals surface area (Å²) in [4.78, 5) is 21.7. The molecule has 0 unspecified atom stereocenters. The van der Waals surface area contributed by atoms with Gasteiger partial charge in [-0.05, 0) is 19.9 Å². The van der Waals surface area contributed by atoms with Crippen LogP contribution in [0.4, 0.5) is 0 Å². The Labute approximate surface area is 114 Å². The molecule has 0 saturated heterocycles. The standard InChI is InChI=1S/C10H14N2O5S2/c1-6(2)12-9(13)4-11-19(16,17)7-3-8(10(14)15)18-5-7/h3,5-6,11H,4H2,1-2H3,(H,12,13)(H,14,15). The minimum atomic E-state index is -3.87. The number of carbonyl (C=O) groups is 2. The second-order valence-electron chi connectivity index (χ2n) is 4.00. The maximum atomic E-state index is 11.8. The molecule has 0 saturated carbocycles. The van der Waals surface area contributed by atoms with Crippen LogP contribution in [0.5, 0.6) is 0 Å². The molecular formula is C10H14N2O5S2. The van der Waals surface area contributed by atoms with Gasteiger partial charge in [-0.1, -0.05) is 0 Å². The van der Waals surface area contributed by atoms with E-state index in [9.17, 15) is 18.0 Å². The predicted molar refractivity (Wildman–Crippen MR) is 69.7 cm³/mol. The van der Waals surface area contributed by atoms with Crippen molar-refractivity contribution in [3.63, 3.8) is 0 Å². The van der Waals surface area contributed by atoms with Crippen molar-refractivity contribution in [2.24, 2.45) is 0 Å². The lowest BCUT2D eigenvalue weighted by Gasteiger charge is -2.09. The summed E-state index contributed by atoms with van der Waals surface area (Å²) < 4.78 is 25.7. The van der Waals surface area contributed by atoms with Gasteiger partial charge in [0.15, 0.2) is 0 Å². The lowest BCUT2D eigenvalue weighted by Crippen LogP contribution is -2.39. The smallest absolute Gasteiger partial charge is 0.345 e. The van der Waals surface area contributed by atoms with Crippen molar-refractivity contribution in [3.05, 3.63) is 16.3 Å². The summed E-state index contributed by atoms with van der Waals surface area (Å²) in [5, 5.41) is 12.5. The van der Waals surface area contributed by atoms with E-state index in [-0.39, 0.29) is 15.8 Å². The van der Waals surface area contributed by atoms with Crippen LogP contribution in [-0.2, 0) is 14.8 Å². The van der Waals surface area contributed by atoms with E-state index >= 15 is 0 Å². The number of sulfonamides is 1. The third-order valence-electron chi connectivity index (χ3n) is 1.97. The molecule has 0 aliphatic heterocycles. The van der Waals surface area contributed by atoms with Gasteiger partial charge in [0, 0.05) is 11.4 Å². The van der Waals surface area contributed by atoms with Gasteiger partial charge < -0.3 is 10.4 Å². The molecule has 1 aromatic heterocycles. The van der Waals surface area contributed by atoms with Crippen LogP contribution < -0.4 is 10.0 Å². The van der Waals surface area contributed by atoms with Crippen LogP contribution in [0, 0.1) is 0 Å². The highest BCUT2D eigenvalue weighted by Gasteiger charge is 2.19. The van der Waals surface area contributed by atoms with Crippen molar-refractivity contribution in [3.8, 4) is 0 Å². The number of rotatable bonds is 6. The second kappa shape index (κ2) is 6.13. The van der Waals surface area contributed by atoms with Gasteiger partial charge >= 0.3 is 5.97 Å². The second-order valence-corrected chi connectivity index (χ2v) is 6.68. The van der Waals surface area contributed by atoms with Crippen LogP contribution in [-0.4, -0.2) is 38.0 Å². The van der Waals surface area contributed by atoms with Crippen LogP contribution in [0.15, 0.2) is 16.3 Å². The molecule has 1 amide bonds. The Balaban J connectivity index is 2.70. The fraction of sp³-hybridized carbons (Fsp3) is 0.400. The number of nitrogens with one attached hydrogen (secondary N) is 2. The van der Waals surface area contributed by atoms with Crippen molar-refractivity contribution in [1.29, 1.82) is 0 Å². The number of carbonyl (C=O) groups excluding carboxylic acids is 1. The lowest BCUT2D eigenvalue weighted by molar-refractivity contribution is -0.120. The zero-order valence-corrected chi connectivity index (χ0v) is 12.0. The molecule has 0 bridgehead atoms. The van der Waals surface area contributed by atoms with Crippen molar-refractivity contribution in [2.45, 2.75) is 24.8 Å². The van der Waals surface area contributed by atoms with Crippen molar-refractivity contribution in [2.75, 3.05) is 6.54 Å². The molecule has 1 aromatic rings. The molecule has 9 heteroatoms.